The SMILES string of the molecule is Cc1[nH]c([SiH](C)C)c(C2=CC=CC2)c1C. The molecule has 0 fully saturated rings. The van der Waals surface area contributed by atoms with Crippen LogP contribution in [0.1, 0.15) is 23.2 Å². The second-order valence-electron chi connectivity index (χ2n) is 4.64. The molecule has 0 bridgehead atoms. The minimum atomic E-state index is -0.756. The summed E-state index contributed by atoms with van der Waals surface area (Å²) in [6.07, 6.45) is 7.77. The Morgan fingerprint density at radius 2 is 2.00 bits per heavy atom. The first-order valence-electron chi connectivity index (χ1n) is 5.66. The molecule has 0 atom stereocenters. The highest BCUT2D eigenvalue weighted by Crippen LogP contribution is 2.26. The Labute approximate surface area is 93.5 Å². The molecule has 1 N–H and O–H groups in total. The van der Waals surface area contributed by atoms with Crippen LogP contribution in [0.2, 0.25) is 13.1 Å². The quantitative estimate of drug-likeness (QED) is 0.733. The fraction of sp³-hybridized carbons (Fsp3) is 0.385. The third-order valence-corrected chi connectivity index (χ3v) is 4.79. The van der Waals surface area contributed by atoms with Crippen molar-refractivity contribution in [1.82, 2.24) is 4.98 Å². The van der Waals surface area contributed by atoms with Crippen molar-refractivity contribution in [3.8, 4) is 0 Å². The normalized spacial score (nSPS) is 15.1. The topological polar surface area (TPSA) is 15.8 Å². The van der Waals surface area contributed by atoms with E-state index in [9.17, 15) is 0 Å². The van der Waals surface area contributed by atoms with Crippen LogP contribution in [0.15, 0.2) is 18.2 Å². The number of nitrogens with one attached hydrogen (secondary N) is 1. The molecule has 0 unspecified atom stereocenters. The first kappa shape index (κ1) is 10.5. The van der Waals surface area contributed by atoms with E-state index in [1.54, 1.807) is 0 Å². The van der Waals surface area contributed by atoms with E-state index in [1.165, 1.54) is 27.7 Å². The molecule has 1 aliphatic rings. The molecule has 1 aliphatic carbocycles. The number of H-pyrrole nitrogens is 1. The summed E-state index contributed by atoms with van der Waals surface area (Å²) in [5.41, 5.74) is 5.79. The molecular formula is C13H19NSi. The monoisotopic (exact) mass is 217 g/mol. The maximum absolute atomic E-state index is 3.58. The first-order chi connectivity index (χ1) is 7.11. The van der Waals surface area contributed by atoms with Gasteiger partial charge in [0, 0.05) is 11.0 Å². The molecule has 15 heavy (non-hydrogen) atoms. The van der Waals surface area contributed by atoms with Gasteiger partial charge in [-0.15, -0.1) is 0 Å². The Hall–Kier alpha value is -1.02. The lowest BCUT2D eigenvalue weighted by Gasteiger charge is -2.08. The maximum Gasteiger partial charge on any atom is 0.0861 e. The Bertz CT molecular complexity index is 436. The van der Waals surface area contributed by atoms with Gasteiger partial charge in [0.2, 0.25) is 0 Å². The molecule has 1 nitrogen and oxygen atoms in total. The van der Waals surface area contributed by atoms with Crippen LogP contribution in [-0.2, 0) is 0 Å². The average Bonchev–Trinajstić information content (AvgIpc) is 2.76. The van der Waals surface area contributed by atoms with Crippen molar-refractivity contribution >= 4 is 19.7 Å². The third kappa shape index (κ3) is 1.74. The molecule has 80 valence electrons. The zero-order valence-electron chi connectivity index (χ0n) is 10.0. The number of rotatable bonds is 2. The lowest BCUT2D eigenvalue weighted by molar-refractivity contribution is 1.24. The highest BCUT2D eigenvalue weighted by atomic mass is 28.3. The van der Waals surface area contributed by atoms with Crippen molar-refractivity contribution in [2.45, 2.75) is 33.4 Å². The van der Waals surface area contributed by atoms with Gasteiger partial charge < -0.3 is 4.98 Å². The number of hydrogen-bond donors (Lipinski definition) is 1. The fourth-order valence-electron chi connectivity index (χ4n) is 2.23. The van der Waals surface area contributed by atoms with Gasteiger partial charge in [-0.25, -0.2) is 0 Å². The van der Waals surface area contributed by atoms with Crippen LogP contribution in [-0.4, -0.2) is 13.8 Å². The minimum Gasteiger partial charge on any atom is -0.366 e. The number of hydrogen-bond acceptors (Lipinski definition) is 0. The number of allylic oxidation sites excluding steroid dienone is 4. The lowest BCUT2D eigenvalue weighted by Crippen LogP contribution is -2.27. The Balaban J connectivity index is 2.53. The zero-order chi connectivity index (χ0) is 11.0. The van der Waals surface area contributed by atoms with E-state index in [0.717, 1.165) is 6.42 Å². The molecule has 0 aliphatic heterocycles. The molecular weight excluding hydrogens is 198 g/mol. The molecule has 2 heteroatoms. The Morgan fingerprint density at radius 1 is 1.27 bits per heavy atom. The number of aromatic nitrogens is 1. The predicted molar refractivity (Wildman–Crippen MR) is 70.5 cm³/mol. The van der Waals surface area contributed by atoms with Gasteiger partial charge in [-0.2, -0.15) is 0 Å². The third-order valence-electron chi connectivity index (χ3n) is 3.20. The van der Waals surface area contributed by atoms with E-state index >= 15 is 0 Å². The van der Waals surface area contributed by atoms with Crippen LogP contribution < -0.4 is 5.32 Å². The van der Waals surface area contributed by atoms with Crippen molar-refractivity contribution in [3.63, 3.8) is 0 Å². The maximum atomic E-state index is 3.58. The summed E-state index contributed by atoms with van der Waals surface area (Å²) in [6, 6.07) is 0. The summed E-state index contributed by atoms with van der Waals surface area (Å²) in [4.78, 5) is 3.58. The molecule has 0 saturated heterocycles. The van der Waals surface area contributed by atoms with Crippen LogP contribution in [0.25, 0.3) is 5.57 Å². The number of aromatic amines is 1. The van der Waals surface area contributed by atoms with Gasteiger partial charge in [-0.05, 0) is 37.0 Å². The highest BCUT2D eigenvalue weighted by molar-refractivity contribution is 6.70. The zero-order valence-corrected chi connectivity index (χ0v) is 11.2. The molecule has 0 radical (unpaired) electrons. The van der Waals surface area contributed by atoms with Crippen LogP contribution in [0.4, 0.5) is 0 Å². The largest absolute Gasteiger partial charge is 0.366 e. The van der Waals surface area contributed by atoms with Gasteiger partial charge in [-0.3, -0.25) is 0 Å². The van der Waals surface area contributed by atoms with Crippen LogP contribution in [0, 0.1) is 13.8 Å². The lowest BCUT2D eigenvalue weighted by atomic mass is 10.0. The van der Waals surface area contributed by atoms with Crippen LogP contribution >= 0.6 is 0 Å². The van der Waals surface area contributed by atoms with Gasteiger partial charge >= 0.3 is 0 Å². The van der Waals surface area contributed by atoms with Crippen LogP contribution in [0.3, 0.4) is 0 Å². The average molecular weight is 217 g/mol. The van der Waals surface area contributed by atoms with E-state index in [0.29, 0.717) is 0 Å². The molecule has 2 rings (SSSR count). The molecule has 1 aromatic rings. The number of aryl methyl sites for hydroxylation is 1. The second kappa shape index (κ2) is 3.85. The second-order valence-corrected chi connectivity index (χ2v) is 7.53. The van der Waals surface area contributed by atoms with Gasteiger partial charge in [0.05, 0.1) is 8.80 Å². The molecule has 1 aromatic heterocycles. The summed E-state index contributed by atoms with van der Waals surface area (Å²) in [5.74, 6) is 0. The van der Waals surface area contributed by atoms with E-state index in [1.807, 2.05) is 0 Å². The smallest absolute Gasteiger partial charge is 0.0861 e. The Morgan fingerprint density at radius 3 is 2.53 bits per heavy atom. The van der Waals surface area contributed by atoms with Gasteiger partial charge in [0.25, 0.3) is 0 Å². The predicted octanol–water partition coefficient (Wildman–Crippen LogP) is 2.67. The minimum absolute atomic E-state index is 0.756. The highest BCUT2D eigenvalue weighted by Gasteiger charge is 2.18. The van der Waals surface area contributed by atoms with Gasteiger partial charge in [-0.1, -0.05) is 31.3 Å². The first-order valence-corrected chi connectivity index (χ1v) is 8.55. The van der Waals surface area contributed by atoms with Crippen molar-refractivity contribution in [2.24, 2.45) is 0 Å². The molecule has 0 aromatic carbocycles. The van der Waals surface area contributed by atoms with E-state index in [2.05, 4.69) is 50.2 Å². The summed E-state index contributed by atoms with van der Waals surface area (Å²) in [7, 11) is -0.756. The Kier molecular flexibility index (Phi) is 2.70. The van der Waals surface area contributed by atoms with Crippen molar-refractivity contribution in [1.29, 1.82) is 0 Å². The molecule has 0 amide bonds. The molecule has 0 spiro atoms. The van der Waals surface area contributed by atoms with E-state index in [-0.39, 0.29) is 0 Å². The summed E-state index contributed by atoms with van der Waals surface area (Å²) >= 11 is 0. The fourth-order valence-corrected chi connectivity index (χ4v) is 3.71. The van der Waals surface area contributed by atoms with Crippen molar-refractivity contribution in [2.75, 3.05) is 0 Å². The van der Waals surface area contributed by atoms with Gasteiger partial charge in [0.15, 0.2) is 0 Å². The standard InChI is InChI=1S/C13H19NSi/c1-9-10(2)14-13(15(3)4)12(9)11-7-5-6-8-11/h5-7,14-15H,8H2,1-4H3. The summed E-state index contributed by atoms with van der Waals surface area (Å²) in [5, 5.41) is 1.53. The van der Waals surface area contributed by atoms with Crippen molar-refractivity contribution in [3.05, 3.63) is 35.0 Å². The van der Waals surface area contributed by atoms with E-state index in [4.69, 9.17) is 0 Å². The molecule has 1 heterocycles. The van der Waals surface area contributed by atoms with E-state index < -0.39 is 8.80 Å². The van der Waals surface area contributed by atoms with Crippen molar-refractivity contribution < 1.29 is 0 Å². The summed E-state index contributed by atoms with van der Waals surface area (Å²) < 4.78 is 0. The van der Waals surface area contributed by atoms with Crippen LogP contribution in [0.5, 0.6) is 0 Å². The van der Waals surface area contributed by atoms with Gasteiger partial charge in [0.1, 0.15) is 0 Å². The summed E-state index contributed by atoms with van der Waals surface area (Å²) in [6.45, 7) is 9.19. The molecule has 0 saturated carbocycles.